The number of rotatable bonds is 6. The lowest BCUT2D eigenvalue weighted by atomic mass is 10.1. The first kappa shape index (κ1) is 41.0. The second kappa shape index (κ2) is 25.3. The third kappa shape index (κ3) is 23.1. The molecule has 12 N–H and O–H groups in total. The first-order chi connectivity index (χ1) is 22.4. The SMILES string of the molecule is CCC.CCc1ccc(NC(N)=O)cc1.CCc1ccc(NC(N)=O)cc1.NC(=O)Nc1ccccc1.NC(=O)Nc1ccccc1. The lowest BCUT2D eigenvalue weighted by Crippen LogP contribution is -2.19. The lowest BCUT2D eigenvalue weighted by Gasteiger charge is -2.01. The van der Waals surface area contributed by atoms with Crippen LogP contribution in [-0.2, 0) is 12.8 Å². The Bertz CT molecular complexity index is 1320. The number of hydrogen-bond donors (Lipinski definition) is 8. The Morgan fingerprint density at radius 3 is 0.809 bits per heavy atom. The van der Waals surface area contributed by atoms with Crippen molar-refractivity contribution in [2.75, 3.05) is 21.3 Å². The summed E-state index contributed by atoms with van der Waals surface area (Å²) in [5.74, 6) is 0. The number of amides is 8. The predicted octanol–water partition coefficient (Wildman–Crippen LogP) is 7.25. The van der Waals surface area contributed by atoms with E-state index in [0.717, 1.165) is 35.6 Å². The molecule has 12 nitrogen and oxygen atoms in total. The van der Waals surface area contributed by atoms with Gasteiger partial charge in [-0.15, -0.1) is 0 Å². The van der Waals surface area contributed by atoms with Crippen LogP contribution < -0.4 is 44.2 Å². The molecule has 0 bridgehead atoms. The highest BCUT2D eigenvalue weighted by Gasteiger charge is 1.96. The summed E-state index contributed by atoms with van der Waals surface area (Å²) in [5, 5.41) is 9.88. The van der Waals surface area contributed by atoms with Crippen molar-refractivity contribution in [1.29, 1.82) is 0 Å². The van der Waals surface area contributed by atoms with Crippen LogP contribution in [0.15, 0.2) is 109 Å². The molecular formula is C35H48N8O4. The smallest absolute Gasteiger partial charge is 0.316 e. The zero-order valence-corrected chi connectivity index (χ0v) is 27.5. The van der Waals surface area contributed by atoms with Crippen molar-refractivity contribution in [2.45, 2.75) is 47.0 Å². The zero-order valence-electron chi connectivity index (χ0n) is 27.5. The maximum atomic E-state index is 10.4. The first-order valence-corrected chi connectivity index (χ1v) is 15.0. The van der Waals surface area contributed by atoms with E-state index in [-0.39, 0.29) is 0 Å². The van der Waals surface area contributed by atoms with E-state index in [1.165, 1.54) is 17.5 Å². The highest BCUT2D eigenvalue weighted by Crippen LogP contribution is 2.10. The van der Waals surface area contributed by atoms with Gasteiger partial charge in [0.05, 0.1) is 0 Å². The summed E-state index contributed by atoms with van der Waals surface area (Å²) in [6.45, 7) is 8.41. The third-order valence-corrected chi connectivity index (χ3v) is 5.34. The Balaban J connectivity index is 0.000000585. The lowest BCUT2D eigenvalue weighted by molar-refractivity contribution is 0.258. The van der Waals surface area contributed by atoms with Gasteiger partial charge in [-0.25, -0.2) is 19.2 Å². The summed E-state index contributed by atoms with van der Waals surface area (Å²) in [5.41, 5.74) is 25.0. The topological polar surface area (TPSA) is 220 Å². The van der Waals surface area contributed by atoms with Crippen LogP contribution in [-0.4, -0.2) is 24.1 Å². The van der Waals surface area contributed by atoms with Crippen molar-refractivity contribution in [3.8, 4) is 0 Å². The molecule has 0 aliphatic carbocycles. The van der Waals surface area contributed by atoms with Gasteiger partial charge in [0, 0.05) is 22.7 Å². The number of urea groups is 4. The zero-order chi connectivity index (χ0) is 35.5. The van der Waals surface area contributed by atoms with Gasteiger partial charge in [-0.2, -0.15) is 0 Å². The van der Waals surface area contributed by atoms with Gasteiger partial charge in [0.25, 0.3) is 0 Å². The number of nitrogens with two attached hydrogens (primary N) is 4. The Labute approximate surface area is 277 Å². The van der Waals surface area contributed by atoms with Crippen molar-refractivity contribution in [2.24, 2.45) is 22.9 Å². The van der Waals surface area contributed by atoms with E-state index in [1.54, 1.807) is 24.3 Å². The van der Waals surface area contributed by atoms with Gasteiger partial charge < -0.3 is 44.2 Å². The Kier molecular flexibility index (Phi) is 22.1. The fourth-order valence-corrected chi connectivity index (χ4v) is 3.26. The van der Waals surface area contributed by atoms with Crippen molar-refractivity contribution in [3.63, 3.8) is 0 Å². The van der Waals surface area contributed by atoms with Crippen molar-refractivity contribution in [3.05, 3.63) is 120 Å². The molecule has 0 saturated heterocycles. The molecule has 0 aromatic heterocycles. The van der Waals surface area contributed by atoms with Crippen LogP contribution in [0, 0.1) is 0 Å². The van der Waals surface area contributed by atoms with Crippen LogP contribution in [0.2, 0.25) is 0 Å². The monoisotopic (exact) mass is 644 g/mol. The normalized spacial score (nSPS) is 8.94. The summed E-state index contributed by atoms with van der Waals surface area (Å²) in [6, 6.07) is 31.2. The van der Waals surface area contributed by atoms with Crippen LogP contribution in [0.5, 0.6) is 0 Å². The van der Waals surface area contributed by atoms with Gasteiger partial charge >= 0.3 is 24.1 Å². The number of carbonyl (C=O) groups excluding carboxylic acids is 4. The standard InChI is InChI=1S/2C9H12N2O.2C7H8N2O.C3H8/c2*1-2-7-3-5-8(6-4-7)11-9(10)12;2*8-7(10)9-6-4-2-1-3-5-6;1-3-2/h2*3-6H,2H2,1H3,(H3,10,11,12);2*1-5H,(H3,8,9,10);3H2,1-2H3. The van der Waals surface area contributed by atoms with E-state index in [9.17, 15) is 19.2 Å². The van der Waals surface area contributed by atoms with Gasteiger partial charge in [-0.05, 0) is 72.5 Å². The average Bonchev–Trinajstić information content (AvgIpc) is 3.03. The molecule has 4 rings (SSSR count). The number of primary amides is 4. The van der Waals surface area contributed by atoms with Crippen molar-refractivity contribution in [1.82, 2.24) is 0 Å². The number of hydrogen-bond acceptors (Lipinski definition) is 4. The van der Waals surface area contributed by atoms with Gasteiger partial charge in [-0.1, -0.05) is 94.8 Å². The maximum Gasteiger partial charge on any atom is 0.316 e. The summed E-state index contributed by atoms with van der Waals surface area (Å²) in [4.78, 5) is 41.4. The van der Waals surface area contributed by atoms with Crippen LogP contribution in [0.4, 0.5) is 41.9 Å². The summed E-state index contributed by atoms with van der Waals surface area (Å²) in [6.07, 6.45) is 3.24. The Morgan fingerprint density at radius 2 is 0.617 bits per heavy atom. The van der Waals surface area contributed by atoms with E-state index >= 15 is 0 Å². The first-order valence-electron chi connectivity index (χ1n) is 15.0. The summed E-state index contributed by atoms with van der Waals surface area (Å²) >= 11 is 0. The molecule has 47 heavy (non-hydrogen) atoms. The van der Waals surface area contributed by atoms with E-state index in [2.05, 4.69) is 49.0 Å². The number of aryl methyl sites for hydroxylation is 2. The molecule has 4 aromatic rings. The summed E-state index contributed by atoms with van der Waals surface area (Å²) < 4.78 is 0. The van der Waals surface area contributed by atoms with Gasteiger partial charge in [0.1, 0.15) is 0 Å². The van der Waals surface area contributed by atoms with E-state index < -0.39 is 24.1 Å². The minimum absolute atomic E-state index is 0.528. The fourth-order valence-electron chi connectivity index (χ4n) is 3.26. The number of benzene rings is 4. The highest BCUT2D eigenvalue weighted by molar-refractivity contribution is 5.89. The molecule has 8 amide bonds. The Hall–Kier alpha value is -6.04. The molecule has 0 spiro atoms. The molecule has 0 atom stereocenters. The molecule has 0 heterocycles. The van der Waals surface area contributed by atoms with E-state index in [4.69, 9.17) is 22.9 Å². The van der Waals surface area contributed by atoms with E-state index in [0.29, 0.717) is 0 Å². The van der Waals surface area contributed by atoms with Gasteiger partial charge in [0.2, 0.25) is 0 Å². The number of carbonyl (C=O) groups is 4. The van der Waals surface area contributed by atoms with Crippen molar-refractivity contribution < 1.29 is 19.2 Å². The molecule has 0 radical (unpaired) electrons. The molecule has 252 valence electrons. The summed E-state index contributed by atoms with van der Waals surface area (Å²) in [7, 11) is 0. The maximum absolute atomic E-state index is 10.4. The number of anilines is 4. The second-order valence-corrected chi connectivity index (χ2v) is 9.50. The second-order valence-electron chi connectivity index (χ2n) is 9.50. The number of nitrogens with one attached hydrogen (secondary N) is 4. The van der Waals surface area contributed by atoms with Gasteiger partial charge in [0.15, 0.2) is 0 Å². The average molecular weight is 645 g/mol. The molecule has 12 heteroatoms. The minimum Gasteiger partial charge on any atom is -0.351 e. The van der Waals surface area contributed by atoms with Crippen LogP contribution in [0.3, 0.4) is 0 Å². The molecular weight excluding hydrogens is 596 g/mol. The van der Waals surface area contributed by atoms with Crippen LogP contribution >= 0.6 is 0 Å². The quantitative estimate of drug-likeness (QED) is 0.109. The molecule has 0 fully saturated rings. The van der Waals surface area contributed by atoms with Crippen LogP contribution in [0.25, 0.3) is 0 Å². The van der Waals surface area contributed by atoms with E-state index in [1.807, 2.05) is 84.9 Å². The largest absolute Gasteiger partial charge is 0.351 e. The predicted molar refractivity (Wildman–Crippen MR) is 193 cm³/mol. The fraction of sp³-hybridized carbons (Fsp3) is 0.200. The number of para-hydroxylation sites is 2. The van der Waals surface area contributed by atoms with Crippen molar-refractivity contribution >= 4 is 46.9 Å². The molecule has 0 aliphatic rings. The third-order valence-electron chi connectivity index (χ3n) is 5.34. The molecule has 0 unspecified atom stereocenters. The highest BCUT2D eigenvalue weighted by atomic mass is 16.2. The Morgan fingerprint density at radius 1 is 0.404 bits per heavy atom. The van der Waals surface area contributed by atoms with Gasteiger partial charge in [-0.3, -0.25) is 0 Å². The molecule has 0 saturated carbocycles. The molecule has 0 aliphatic heterocycles. The molecule has 4 aromatic carbocycles. The minimum atomic E-state index is -0.536. The van der Waals surface area contributed by atoms with Crippen LogP contribution in [0.1, 0.15) is 45.2 Å².